The topological polar surface area (TPSA) is 54.4 Å². The van der Waals surface area contributed by atoms with Crippen molar-refractivity contribution in [2.45, 2.75) is 71.8 Å². The molecule has 0 spiro atoms. The van der Waals surface area contributed by atoms with Crippen LogP contribution >= 0.6 is 0 Å². The Balaban J connectivity index is 2.55. The molecule has 1 aliphatic rings. The van der Waals surface area contributed by atoms with Crippen molar-refractivity contribution >= 4 is 11.6 Å². The molecule has 0 aromatic heterocycles. The maximum atomic E-state index is 12.3. The molecule has 3 heteroatoms. The van der Waals surface area contributed by atoms with Crippen LogP contribution < -0.4 is 0 Å². The number of rotatable bonds is 5. The van der Waals surface area contributed by atoms with Gasteiger partial charge < -0.3 is 9.90 Å². The molecule has 0 heterocycles. The van der Waals surface area contributed by atoms with Gasteiger partial charge in [-0.05, 0) is 52.4 Å². The highest BCUT2D eigenvalue weighted by atomic mass is 16.3. The molecule has 1 saturated carbocycles. The minimum atomic E-state index is -0.767. The van der Waals surface area contributed by atoms with E-state index in [1.54, 1.807) is 20.8 Å². The van der Waals surface area contributed by atoms with E-state index in [9.17, 15) is 14.7 Å². The van der Waals surface area contributed by atoms with E-state index in [1.807, 2.05) is 6.92 Å². The molecular weight excluding hydrogens is 228 g/mol. The average Bonchev–Trinajstić information content (AvgIpc) is 2.20. The summed E-state index contributed by atoms with van der Waals surface area (Å²) in [5.74, 6) is 0.520. The Kier molecular flexibility index (Phi) is 4.71. The predicted octanol–water partition coefficient (Wildman–Crippen LogP) is 2.89. The van der Waals surface area contributed by atoms with E-state index in [1.165, 1.54) is 0 Å². The lowest BCUT2D eigenvalue weighted by molar-refractivity contribution is -0.137. The highest BCUT2D eigenvalue weighted by Crippen LogP contribution is 2.42. The molecule has 1 fully saturated rings. The zero-order valence-corrected chi connectivity index (χ0v) is 12.1. The monoisotopic (exact) mass is 254 g/mol. The molecule has 1 aliphatic carbocycles. The van der Waals surface area contributed by atoms with Crippen LogP contribution in [0.3, 0.4) is 0 Å². The van der Waals surface area contributed by atoms with E-state index < -0.39 is 5.60 Å². The largest absolute Gasteiger partial charge is 0.390 e. The van der Waals surface area contributed by atoms with Crippen molar-refractivity contribution in [1.82, 2.24) is 0 Å². The summed E-state index contributed by atoms with van der Waals surface area (Å²) in [4.78, 5) is 23.2. The molecule has 0 amide bonds. The quantitative estimate of drug-likeness (QED) is 0.820. The zero-order chi connectivity index (χ0) is 14.0. The van der Waals surface area contributed by atoms with Crippen LogP contribution in [0.1, 0.15) is 66.2 Å². The van der Waals surface area contributed by atoms with Gasteiger partial charge in [-0.25, -0.2) is 0 Å². The number of ketones is 2. The van der Waals surface area contributed by atoms with Crippen molar-refractivity contribution in [3.63, 3.8) is 0 Å². The molecule has 0 bridgehead atoms. The van der Waals surface area contributed by atoms with Crippen LogP contribution in [0.5, 0.6) is 0 Å². The minimum absolute atomic E-state index is 0.0749. The number of aliphatic hydroxyl groups is 1. The van der Waals surface area contributed by atoms with Crippen LogP contribution in [0.4, 0.5) is 0 Å². The Morgan fingerprint density at radius 3 is 2.56 bits per heavy atom. The Morgan fingerprint density at radius 1 is 1.50 bits per heavy atom. The molecule has 0 aliphatic heterocycles. The molecule has 0 saturated heterocycles. The molecule has 1 rings (SSSR count). The van der Waals surface area contributed by atoms with Crippen molar-refractivity contribution in [3.8, 4) is 0 Å². The SMILES string of the molecule is CC(=O)CCC[C@]1(C)CC[C@@H](C(C)(C)O)CC1=O. The molecular formula is C15H26O3. The lowest BCUT2D eigenvalue weighted by Crippen LogP contribution is -2.42. The fourth-order valence-corrected chi connectivity index (χ4v) is 2.80. The summed E-state index contributed by atoms with van der Waals surface area (Å²) in [6.07, 6.45) is 4.36. The fourth-order valence-electron chi connectivity index (χ4n) is 2.80. The van der Waals surface area contributed by atoms with Gasteiger partial charge in [0.25, 0.3) is 0 Å². The number of carbonyl (C=O) groups excluding carboxylic acids is 2. The van der Waals surface area contributed by atoms with Gasteiger partial charge in [0.2, 0.25) is 0 Å². The Morgan fingerprint density at radius 2 is 2.11 bits per heavy atom. The van der Waals surface area contributed by atoms with Crippen LogP contribution in [0, 0.1) is 11.3 Å². The second-order valence-corrected chi connectivity index (χ2v) is 6.63. The standard InChI is InChI=1S/C15H26O3/c1-11(16)6-5-8-15(4)9-7-12(10-13(15)17)14(2,3)18/h12,18H,5-10H2,1-4H3/t12-,15-/m1/s1. The van der Waals surface area contributed by atoms with Crippen molar-refractivity contribution in [2.75, 3.05) is 0 Å². The average molecular weight is 254 g/mol. The molecule has 1 N–H and O–H groups in total. The normalized spacial score (nSPS) is 29.4. The molecule has 104 valence electrons. The highest BCUT2D eigenvalue weighted by molar-refractivity contribution is 5.85. The van der Waals surface area contributed by atoms with Gasteiger partial charge in [-0.1, -0.05) is 6.92 Å². The van der Waals surface area contributed by atoms with Crippen LogP contribution in [-0.2, 0) is 9.59 Å². The predicted molar refractivity (Wildman–Crippen MR) is 71.3 cm³/mol. The number of carbonyl (C=O) groups is 2. The third-order valence-electron chi connectivity index (χ3n) is 4.41. The summed E-state index contributed by atoms with van der Waals surface area (Å²) in [6, 6.07) is 0. The fraction of sp³-hybridized carbons (Fsp3) is 0.867. The van der Waals surface area contributed by atoms with Crippen LogP contribution in [-0.4, -0.2) is 22.3 Å². The lowest BCUT2D eigenvalue weighted by Gasteiger charge is -2.40. The lowest BCUT2D eigenvalue weighted by atomic mass is 9.65. The number of hydrogen-bond donors (Lipinski definition) is 1. The van der Waals surface area contributed by atoms with Crippen LogP contribution in [0.15, 0.2) is 0 Å². The van der Waals surface area contributed by atoms with Crippen LogP contribution in [0.25, 0.3) is 0 Å². The Bertz CT molecular complexity index is 327. The summed E-state index contributed by atoms with van der Waals surface area (Å²) < 4.78 is 0. The first-order chi connectivity index (χ1) is 8.15. The first-order valence-corrected chi connectivity index (χ1v) is 6.90. The van der Waals surface area contributed by atoms with Gasteiger partial charge in [-0.2, -0.15) is 0 Å². The second kappa shape index (κ2) is 5.52. The van der Waals surface area contributed by atoms with E-state index in [0.29, 0.717) is 12.8 Å². The third kappa shape index (κ3) is 3.91. The highest BCUT2D eigenvalue weighted by Gasteiger charge is 2.42. The van der Waals surface area contributed by atoms with Gasteiger partial charge in [0.1, 0.15) is 11.6 Å². The number of hydrogen-bond acceptors (Lipinski definition) is 3. The summed E-state index contributed by atoms with van der Waals surface area (Å²) in [5.41, 5.74) is -1.05. The molecule has 0 aromatic carbocycles. The van der Waals surface area contributed by atoms with Gasteiger partial charge in [0, 0.05) is 18.3 Å². The van der Waals surface area contributed by atoms with Crippen molar-refractivity contribution in [1.29, 1.82) is 0 Å². The first-order valence-electron chi connectivity index (χ1n) is 6.90. The zero-order valence-electron chi connectivity index (χ0n) is 12.1. The smallest absolute Gasteiger partial charge is 0.139 e. The van der Waals surface area contributed by atoms with Gasteiger partial charge in [-0.15, -0.1) is 0 Å². The van der Waals surface area contributed by atoms with Gasteiger partial charge in [0.05, 0.1) is 5.60 Å². The Labute approximate surface area is 110 Å². The van der Waals surface area contributed by atoms with E-state index in [2.05, 4.69) is 0 Å². The first kappa shape index (κ1) is 15.4. The summed E-state index contributed by atoms with van der Waals surface area (Å²) in [7, 11) is 0. The molecule has 18 heavy (non-hydrogen) atoms. The molecule has 2 atom stereocenters. The van der Waals surface area contributed by atoms with Gasteiger partial charge >= 0.3 is 0 Å². The van der Waals surface area contributed by atoms with E-state index in [-0.39, 0.29) is 22.9 Å². The van der Waals surface area contributed by atoms with E-state index in [4.69, 9.17) is 0 Å². The maximum absolute atomic E-state index is 12.3. The van der Waals surface area contributed by atoms with Gasteiger partial charge in [0.15, 0.2) is 0 Å². The van der Waals surface area contributed by atoms with Crippen molar-refractivity contribution in [2.24, 2.45) is 11.3 Å². The van der Waals surface area contributed by atoms with Crippen molar-refractivity contribution in [3.05, 3.63) is 0 Å². The minimum Gasteiger partial charge on any atom is -0.390 e. The molecule has 3 nitrogen and oxygen atoms in total. The number of Topliss-reactive ketones (excluding diaryl/α,β-unsaturated/α-hetero) is 2. The Hall–Kier alpha value is -0.700. The van der Waals surface area contributed by atoms with Crippen LogP contribution in [0.2, 0.25) is 0 Å². The maximum Gasteiger partial charge on any atom is 0.139 e. The van der Waals surface area contributed by atoms with E-state index in [0.717, 1.165) is 25.7 Å². The summed E-state index contributed by atoms with van der Waals surface area (Å²) in [6.45, 7) is 7.16. The van der Waals surface area contributed by atoms with Crippen molar-refractivity contribution < 1.29 is 14.7 Å². The molecule has 0 unspecified atom stereocenters. The third-order valence-corrected chi connectivity index (χ3v) is 4.41. The molecule has 0 radical (unpaired) electrons. The second-order valence-electron chi connectivity index (χ2n) is 6.63. The summed E-state index contributed by atoms with van der Waals surface area (Å²) >= 11 is 0. The summed E-state index contributed by atoms with van der Waals surface area (Å²) in [5, 5.41) is 9.98. The van der Waals surface area contributed by atoms with E-state index >= 15 is 0 Å². The molecule has 0 aromatic rings. The van der Waals surface area contributed by atoms with Gasteiger partial charge in [-0.3, -0.25) is 4.79 Å².